The second-order valence-electron chi connectivity index (χ2n) is 6.27. The van der Waals surface area contributed by atoms with Crippen molar-refractivity contribution in [1.82, 2.24) is 34.7 Å². The van der Waals surface area contributed by atoms with Crippen molar-refractivity contribution in [3.63, 3.8) is 0 Å². The molecule has 0 bridgehead atoms. The Kier molecular flexibility index (Phi) is 4.08. The normalized spacial score (nSPS) is 20.1. The average molecular weight is 323 g/mol. The van der Waals surface area contributed by atoms with Gasteiger partial charge < -0.3 is 0 Å². The van der Waals surface area contributed by atoms with Crippen LogP contribution in [0.15, 0.2) is 49.2 Å². The molecule has 7 nitrogen and oxygen atoms in total. The molecule has 2 unspecified atom stereocenters. The summed E-state index contributed by atoms with van der Waals surface area (Å²) in [7, 11) is 0. The number of hydrogen-bond donors (Lipinski definition) is 0. The highest BCUT2D eigenvalue weighted by atomic mass is 15.4. The van der Waals surface area contributed by atoms with Gasteiger partial charge in [0.15, 0.2) is 0 Å². The van der Waals surface area contributed by atoms with E-state index in [1.807, 2.05) is 52.2 Å². The van der Waals surface area contributed by atoms with Crippen LogP contribution < -0.4 is 0 Å². The molecular formula is C17H21N7. The van der Waals surface area contributed by atoms with Gasteiger partial charge in [0.1, 0.15) is 12.7 Å². The molecule has 4 rings (SSSR count). The molecule has 24 heavy (non-hydrogen) atoms. The molecule has 2 aromatic heterocycles. The Labute approximate surface area is 140 Å². The number of likely N-dealkylation sites (tertiary alicyclic amines) is 1. The maximum Gasteiger partial charge on any atom is 0.137 e. The SMILES string of the molecule is CC(c1cn(-c2ccccc2)nn1)N1CCCC(n2cncn2)C1. The van der Waals surface area contributed by atoms with E-state index >= 15 is 0 Å². The van der Waals surface area contributed by atoms with Crippen molar-refractivity contribution in [3.8, 4) is 5.69 Å². The first-order chi connectivity index (χ1) is 11.8. The molecule has 0 saturated carbocycles. The number of hydrogen-bond acceptors (Lipinski definition) is 5. The van der Waals surface area contributed by atoms with Gasteiger partial charge in [-0.3, -0.25) is 4.90 Å². The highest BCUT2D eigenvalue weighted by Crippen LogP contribution is 2.27. The van der Waals surface area contributed by atoms with E-state index in [2.05, 4.69) is 32.2 Å². The third-order valence-electron chi connectivity index (χ3n) is 4.75. The predicted molar refractivity (Wildman–Crippen MR) is 89.6 cm³/mol. The lowest BCUT2D eigenvalue weighted by Gasteiger charge is -2.35. The van der Waals surface area contributed by atoms with Gasteiger partial charge in [-0.25, -0.2) is 14.3 Å². The van der Waals surface area contributed by atoms with Gasteiger partial charge in [0.05, 0.1) is 29.7 Å². The molecule has 7 heteroatoms. The van der Waals surface area contributed by atoms with Crippen molar-refractivity contribution < 1.29 is 0 Å². The Morgan fingerprint density at radius 2 is 2.08 bits per heavy atom. The van der Waals surface area contributed by atoms with Crippen molar-refractivity contribution in [1.29, 1.82) is 0 Å². The molecule has 1 aliphatic rings. The number of benzene rings is 1. The maximum absolute atomic E-state index is 4.39. The standard InChI is InChI=1S/C17H21N7/c1-14(17-11-23(21-20-17)15-6-3-2-4-7-15)22-9-5-8-16(10-22)24-13-18-12-19-24/h2-4,6-7,11-14,16H,5,8-10H2,1H3. The molecule has 1 aliphatic heterocycles. The van der Waals surface area contributed by atoms with Crippen molar-refractivity contribution >= 4 is 0 Å². The van der Waals surface area contributed by atoms with Crippen LogP contribution >= 0.6 is 0 Å². The Morgan fingerprint density at radius 1 is 1.21 bits per heavy atom. The van der Waals surface area contributed by atoms with Gasteiger partial charge in [-0.05, 0) is 38.4 Å². The smallest absolute Gasteiger partial charge is 0.137 e. The van der Waals surface area contributed by atoms with E-state index in [0.717, 1.165) is 37.3 Å². The molecule has 0 amide bonds. The summed E-state index contributed by atoms with van der Waals surface area (Å²) in [5.74, 6) is 0. The van der Waals surface area contributed by atoms with Crippen molar-refractivity contribution in [2.24, 2.45) is 0 Å². The number of para-hydroxylation sites is 1. The van der Waals surface area contributed by atoms with E-state index in [-0.39, 0.29) is 6.04 Å². The fourth-order valence-electron chi connectivity index (χ4n) is 3.32. The second-order valence-corrected chi connectivity index (χ2v) is 6.27. The Balaban J connectivity index is 1.49. The van der Waals surface area contributed by atoms with E-state index < -0.39 is 0 Å². The highest BCUT2D eigenvalue weighted by molar-refractivity contribution is 5.30. The Morgan fingerprint density at radius 3 is 2.88 bits per heavy atom. The van der Waals surface area contributed by atoms with Crippen LogP contribution in [0.25, 0.3) is 5.69 Å². The summed E-state index contributed by atoms with van der Waals surface area (Å²) < 4.78 is 3.81. The summed E-state index contributed by atoms with van der Waals surface area (Å²) in [6.07, 6.45) is 7.74. The predicted octanol–water partition coefficient (Wildman–Crippen LogP) is 2.26. The fraction of sp³-hybridized carbons (Fsp3) is 0.412. The van der Waals surface area contributed by atoms with E-state index in [1.54, 1.807) is 6.33 Å². The van der Waals surface area contributed by atoms with Gasteiger partial charge in [-0.2, -0.15) is 5.10 Å². The van der Waals surface area contributed by atoms with Crippen molar-refractivity contribution in [2.45, 2.75) is 31.8 Å². The van der Waals surface area contributed by atoms with Crippen LogP contribution in [0.4, 0.5) is 0 Å². The number of nitrogens with zero attached hydrogens (tertiary/aromatic N) is 7. The number of piperidine rings is 1. The molecule has 0 N–H and O–H groups in total. The number of rotatable bonds is 4. The quantitative estimate of drug-likeness (QED) is 0.737. The zero-order valence-electron chi connectivity index (χ0n) is 13.7. The Hall–Kier alpha value is -2.54. The number of aromatic nitrogens is 6. The zero-order chi connectivity index (χ0) is 16.4. The van der Waals surface area contributed by atoms with Crippen LogP contribution in [0.5, 0.6) is 0 Å². The Bertz CT molecular complexity index is 765. The summed E-state index contributed by atoms with van der Waals surface area (Å²) >= 11 is 0. The summed E-state index contributed by atoms with van der Waals surface area (Å²) in [5, 5.41) is 13.0. The van der Waals surface area contributed by atoms with E-state index in [9.17, 15) is 0 Å². The monoisotopic (exact) mass is 323 g/mol. The van der Waals surface area contributed by atoms with Crippen LogP contribution in [-0.4, -0.2) is 47.7 Å². The highest BCUT2D eigenvalue weighted by Gasteiger charge is 2.27. The van der Waals surface area contributed by atoms with Gasteiger partial charge in [-0.15, -0.1) is 5.10 Å². The summed E-state index contributed by atoms with van der Waals surface area (Å²) in [6, 6.07) is 10.7. The van der Waals surface area contributed by atoms with Gasteiger partial charge in [-0.1, -0.05) is 23.4 Å². The third-order valence-corrected chi connectivity index (χ3v) is 4.75. The van der Waals surface area contributed by atoms with Gasteiger partial charge >= 0.3 is 0 Å². The average Bonchev–Trinajstić information content (AvgIpc) is 3.34. The third kappa shape index (κ3) is 2.94. The lowest BCUT2D eigenvalue weighted by atomic mass is 10.0. The minimum Gasteiger partial charge on any atom is -0.293 e. The van der Waals surface area contributed by atoms with Gasteiger partial charge in [0.25, 0.3) is 0 Å². The van der Waals surface area contributed by atoms with Crippen LogP contribution in [-0.2, 0) is 0 Å². The lowest BCUT2D eigenvalue weighted by Crippen LogP contribution is -2.38. The van der Waals surface area contributed by atoms with Crippen molar-refractivity contribution in [3.05, 3.63) is 54.9 Å². The van der Waals surface area contributed by atoms with Crippen LogP contribution in [0.2, 0.25) is 0 Å². The minimum atomic E-state index is 0.230. The molecule has 3 aromatic rings. The molecule has 124 valence electrons. The first-order valence-corrected chi connectivity index (χ1v) is 8.37. The zero-order valence-corrected chi connectivity index (χ0v) is 13.7. The molecule has 0 radical (unpaired) electrons. The molecule has 1 fully saturated rings. The largest absolute Gasteiger partial charge is 0.293 e. The molecule has 0 aliphatic carbocycles. The van der Waals surface area contributed by atoms with E-state index in [0.29, 0.717) is 6.04 Å². The van der Waals surface area contributed by atoms with Crippen molar-refractivity contribution in [2.75, 3.05) is 13.1 Å². The molecular weight excluding hydrogens is 302 g/mol. The first-order valence-electron chi connectivity index (χ1n) is 8.37. The van der Waals surface area contributed by atoms with Crippen LogP contribution in [0, 0.1) is 0 Å². The maximum atomic E-state index is 4.39. The first kappa shape index (κ1) is 15.0. The summed E-state index contributed by atoms with van der Waals surface area (Å²) in [4.78, 5) is 6.52. The fourth-order valence-corrected chi connectivity index (χ4v) is 3.32. The topological polar surface area (TPSA) is 64.7 Å². The van der Waals surface area contributed by atoms with E-state index in [4.69, 9.17) is 0 Å². The van der Waals surface area contributed by atoms with Gasteiger partial charge in [0.2, 0.25) is 0 Å². The lowest BCUT2D eigenvalue weighted by molar-refractivity contribution is 0.127. The molecule has 1 saturated heterocycles. The second kappa shape index (κ2) is 6.52. The summed E-state index contributed by atoms with van der Waals surface area (Å²) in [6.45, 7) is 4.23. The minimum absolute atomic E-state index is 0.230. The molecule has 3 heterocycles. The summed E-state index contributed by atoms with van der Waals surface area (Å²) in [5.41, 5.74) is 2.03. The van der Waals surface area contributed by atoms with E-state index in [1.165, 1.54) is 0 Å². The van der Waals surface area contributed by atoms with Gasteiger partial charge in [0, 0.05) is 6.54 Å². The molecule has 2 atom stereocenters. The molecule has 1 aromatic carbocycles. The van der Waals surface area contributed by atoms with Crippen LogP contribution in [0.1, 0.15) is 37.5 Å². The molecule has 0 spiro atoms. The van der Waals surface area contributed by atoms with Crippen LogP contribution in [0.3, 0.4) is 0 Å².